The van der Waals surface area contributed by atoms with Gasteiger partial charge in [0.2, 0.25) is 0 Å². The fraction of sp³-hybridized carbons (Fsp3) is 0.267. The summed E-state index contributed by atoms with van der Waals surface area (Å²) in [7, 11) is 1.80. The lowest BCUT2D eigenvalue weighted by atomic mass is 9.93. The zero-order chi connectivity index (χ0) is 14.4. The van der Waals surface area contributed by atoms with Gasteiger partial charge in [0.1, 0.15) is 5.82 Å². The molecule has 1 aromatic heterocycles. The van der Waals surface area contributed by atoms with Crippen LogP contribution in [-0.4, -0.2) is 29.4 Å². The van der Waals surface area contributed by atoms with Crippen LogP contribution in [0.15, 0.2) is 28.9 Å². The Kier molecular flexibility index (Phi) is 3.17. The molecule has 3 rings (SSSR count). The van der Waals surface area contributed by atoms with Crippen LogP contribution in [0.25, 0.3) is 11.1 Å². The molecule has 2 heterocycles. The minimum absolute atomic E-state index is 0.000579. The number of nitrogens with one attached hydrogen (secondary N) is 1. The van der Waals surface area contributed by atoms with Gasteiger partial charge in [-0.3, -0.25) is 4.79 Å². The number of hydrogen-bond acceptors (Lipinski definition) is 1. The molecule has 1 aliphatic rings. The van der Waals surface area contributed by atoms with Gasteiger partial charge < -0.3 is 9.88 Å². The maximum absolute atomic E-state index is 13.1. The fourth-order valence-electron chi connectivity index (χ4n) is 2.74. The number of rotatable bonds is 1. The van der Waals surface area contributed by atoms with Crippen LogP contribution in [0.3, 0.4) is 0 Å². The molecule has 20 heavy (non-hydrogen) atoms. The first-order chi connectivity index (χ1) is 9.49. The van der Waals surface area contributed by atoms with Gasteiger partial charge in [-0.1, -0.05) is 19.1 Å². The number of carbonyl (C=O) groups excluding carboxylic acids is 1. The first-order valence-electron chi connectivity index (χ1n) is 6.41. The summed E-state index contributed by atoms with van der Waals surface area (Å²) in [5.41, 5.74) is 3.26. The Morgan fingerprint density at radius 3 is 2.60 bits per heavy atom. The molecule has 0 saturated carbocycles. The smallest absolute Gasteiger partial charge is 0.256 e. The highest BCUT2D eigenvalue weighted by atomic mass is 79.9. The fourth-order valence-corrected chi connectivity index (χ4v) is 3.38. The minimum Gasteiger partial charge on any atom is -0.352 e. The van der Waals surface area contributed by atoms with Crippen LogP contribution < -0.4 is 0 Å². The van der Waals surface area contributed by atoms with E-state index in [-0.39, 0.29) is 17.6 Å². The van der Waals surface area contributed by atoms with Gasteiger partial charge in [0.05, 0.1) is 10.2 Å². The van der Waals surface area contributed by atoms with E-state index in [0.717, 1.165) is 21.4 Å². The second kappa shape index (κ2) is 4.74. The summed E-state index contributed by atoms with van der Waals surface area (Å²) in [5, 5.41) is 0. The summed E-state index contributed by atoms with van der Waals surface area (Å²) >= 11 is 3.49. The second-order valence-corrected chi connectivity index (χ2v) is 5.99. The zero-order valence-electron chi connectivity index (χ0n) is 11.2. The number of likely N-dealkylation sites (N-methyl/N-ethyl adjacent to an activating group) is 1. The quantitative estimate of drug-likeness (QED) is 0.845. The number of halogens is 2. The van der Waals surface area contributed by atoms with Gasteiger partial charge >= 0.3 is 0 Å². The predicted molar refractivity (Wildman–Crippen MR) is 79.3 cm³/mol. The molecule has 0 bridgehead atoms. The van der Waals surface area contributed by atoms with Crippen molar-refractivity contribution in [2.75, 3.05) is 13.6 Å². The Labute approximate surface area is 124 Å². The van der Waals surface area contributed by atoms with E-state index in [1.54, 1.807) is 24.1 Å². The van der Waals surface area contributed by atoms with Gasteiger partial charge in [0, 0.05) is 30.8 Å². The van der Waals surface area contributed by atoms with Crippen molar-refractivity contribution >= 4 is 21.8 Å². The Balaban J connectivity index is 2.22. The van der Waals surface area contributed by atoms with Gasteiger partial charge in [0.15, 0.2) is 0 Å². The van der Waals surface area contributed by atoms with E-state index in [4.69, 9.17) is 0 Å². The van der Waals surface area contributed by atoms with Gasteiger partial charge in [-0.2, -0.15) is 0 Å². The first-order valence-corrected chi connectivity index (χ1v) is 7.21. The van der Waals surface area contributed by atoms with Crippen molar-refractivity contribution in [3.8, 4) is 11.1 Å². The molecule has 104 valence electrons. The van der Waals surface area contributed by atoms with E-state index in [1.807, 2.05) is 0 Å². The normalized spacial score (nSPS) is 18.3. The number of nitrogens with zero attached hydrogens (tertiary/aromatic N) is 1. The SMILES string of the molecule is CC1CN(C)C(=O)c2c1[nH]c(Br)c2-c1ccc(F)cc1. The van der Waals surface area contributed by atoms with E-state index < -0.39 is 0 Å². The minimum atomic E-state index is -0.286. The molecule has 1 aliphatic heterocycles. The van der Waals surface area contributed by atoms with E-state index in [2.05, 4.69) is 27.8 Å². The summed E-state index contributed by atoms with van der Waals surface area (Å²) < 4.78 is 13.8. The van der Waals surface area contributed by atoms with Gasteiger partial charge in [-0.05, 0) is 33.6 Å². The number of hydrogen-bond donors (Lipinski definition) is 1. The van der Waals surface area contributed by atoms with Crippen LogP contribution in [0.5, 0.6) is 0 Å². The van der Waals surface area contributed by atoms with Crippen molar-refractivity contribution in [1.29, 1.82) is 0 Å². The van der Waals surface area contributed by atoms with E-state index in [9.17, 15) is 9.18 Å². The first kappa shape index (κ1) is 13.4. The second-order valence-electron chi connectivity index (χ2n) is 5.20. The standard InChI is InChI=1S/C15H14BrFN2O/c1-8-7-19(2)15(20)12-11(14(16)18-13(8)12)9-3-5-10(17)6-4-9/h3-6,8,18H,7H2,1-2H3. The number of aromatic amines is 1. The highest BCUT2D eigenvalue weighted by Gasteiger charge is 2.32. The van der Waals surface area contributed by atoms with Crippen LogP contribution >= 0.6 is 15.9 Å². The highest BCUT2D eigenvalue weighted by molar-refractivity contribution is 9.10. The van der Waals surface area contributed by atoms with Crippen LogP contribution in [0.1, 0.15) is 28.9 Å². The summed E-state index contributed by atoms with van der Waals surface area (Å²) in [6.45, 7) is 2.78. The Morgan fingerprint density at radius 1 is 1.30 bits per heavy atom. The molecule has 1 N–H and O–H groups in total. The summed E-state index contributed by atoms with van der Waals surface area (Å²) in [6, 6.07) is 6.19. The molecule has 1 unspecified atom stereocenters. The average molecular weight is 337 g/mol. The lowest BCUT2D eigenvalue weighted by molar-refractivity contribution is 0.0768. The van der Waals surface area contributed by atoms with Crippen molar-refractivity contribution in [3.05, 3.63) is 45.9 Å². The largest absolute Gasteiger partial charge is 0.352 e. The van der Waals surface area contributed by atoms with Crippen molar-refractivity contribution in [2.24, 2.45) is 0 Å². The number of benzene rings is 1. The molecule has 5 heteroatoms. The Hall–Kier alpha value is -1.62. The van der Waals surface area contributed by atoms with Crippen LogP contribution in [0.2, 0.25) is 0 Å². The van der Waals surface area contributed by atoms with Crippen LogP contribution in [-0.2, 0) is 0 Å². The molecule has 0 aliphatic carbocycles. The number of fused-ring (bicyclic) bond motifs is 1. The third-order valence-corrected chi connectivity index (χ3v) is 4.31. The molecule has 0 fully saturated rings. The van der Waals surface area contributed by atoms with Gasteiger partial charge in [-0.15, -0.1) is 0 Å². The molecular weight excluding hydrogens is 323 g/mol. The molecule has 3 nitrogen and oxygen atoms in total. The lowest BCUT2D eigenvalue weighted by Gasteiger charge is -2.28. The van der Waals surface area contributed by atoms with Crippen LogP contribution in [0.4, 0.5) is 4.39 Å². The Morgan fingerprint density at radius 2 is 1.95 bits per heavy atom. The molecule has 1 aromatic carbocycles. The van der Waals surface area contributed by atoms with Crippen molar-refractivity contribution in [2.45, 2.75) is 12.8 Å². The summed E-state index contributed by atoms with van der Waals surface area (Å²) in [4.78, 5) is 17.4. The molecule has 0 spiro atoms. The molecule has 0 saturated heterocycles. The van der Waals surface area contributed by atoms with E-state index in [0.29, 0.717) is 12.1 Å². The van der Waals surface area contributed by atoms with Crippen molar-refractivity contribution < 1.29 is 9.18 Å². The zero-order valence-corrected chi connectivity index (χ0v) is 12.8. The molecule has 1 amide bonds. The monoisotopic (exact) mass is 336 g/mol. The van der Waals surface area contributed by atoms with Crippen LogP contribution in [0, 0.1) is 5.82 Å². The molecule has 0 radical (unpaired) electrons. The average Bonchev–Trinajstić information content (AvgIpc) is 2.75. The van der Waals surface area contributed by atoms with Gasteiger partial charge in [0.25, 0.3) is 5.91 Å². The molecular formula is C15H14BrFN2O. The number of H-pyrrole nitrogens is 1. The maximum atomic E-state index is 13.1. The topological polar surface area (TPSA) is 36.1 Å². The number of amides is 1. The van der Waals surface area contributed by atoms with Gasteiger partial charge in [-0.25, -0.2) is 4.39 Å². The van der Waals surface area contributed by atoms with E-state index in [1.165, 1.54) is 12.1 Å². The maximum Gasteiger partial charge on any atom is 0.256 e. The summed E-state index contributed by atoms with van der Waals surface area (Å²) in [6.07, 6.45) is 0. The third-order valence-electron chi connectivity index (χ3n) is 3.72. The predicted octanol–water partition coefficient (Wildman–Crippen LogP) is 3.77. The highest BCUT2D eigenvalue weighted by Crippen LogP contribution is 2.39. The number of carbonyl (C=O) groups is 1. The van der Waals surface area contributed by atoms with E-state index >= 15 is 0 Å². The molecule has 2 aromatic rings. The van der Waals surface area contributed by atoms with Crippen molar-refractivity contribution in [1.82, 2.24) is 9.88 Å². The summed E-state index contributed by atoms with van der Waals surface area (Å²) in [5.74, 6) is -0.0383. The lowest BCUT2D eigenvalue weighted by Crippen LogP contribution is -2.35. The third kappa shape index (κ3) is 1.97. The Bertz CT molecular complexity index is 678. The number of aromatic nitrogens is 1. The molecule has 1 atom stereocenters. The van der Waals surface area contributed by atoms with Crippen molar-refractivity contribution in [3.63, 3.8) is 0 Å².